The standard InChI is InChI=1S/C15H21N3O2/c1-4-19-14-8-6-5-7-13(14)11(2)16-10-9-15-17-12(3)20-18-15/h5-8,11,16H,4,9-10H2,1-3H3. The van der Waals surface area contributed by atoms with Crippen LogP contribution in [-0.4, -0.2) is 23.3 Å². The molecule has 0 aliphatic carbocycles. The normalized spacial score (nSPS) is 12.3. The lowest BCUT2D eigenvalue weighted by Gasteiger charge is -2.17. The van der Waals surface area contributed by atoms with Crippen molar-refractivity contribution in [3.05, 3.63) is 41.5 Å². The molecule has 1 aromatic heterocycles. The molecule has 0 aliphatic rings. The van der Waals surface area contributed by atoms with Crippen LogP contribution in [0.1, 0.15) is 37.2 Å². The average molecular weight is 275 g/mol. The highest BCUT2D eigenvalue weighted by atomic mass is 16.5. The van der Waals surface area contributed by atoms with Crippen molar-refractivity contribution in [1.82, 2.24) is 15.5 Å². The summed E-state index contributed by atoms with van der Waals surface area (Å²) < 4.78 is 10.6. The van der Waals surface area contributed by atoms with Crippen molar-refractivity contribution >= 4 is 0 Å². The second-order valence-corrected chi connectivity index (χ2v) is 4.63. The Kier molecular flexibility index (Phi) is 5.12. The lowest BCUT2D eigenvalue weighted by Crippen LogP contribution is -2.22. The molecular formula is C15H21N3O2. The Bertz CT molecular complexity index is 539. The van der Waals surface area contributed by atoms with Gasteiger partial charge in [0, 0.05) is 31.5 Å². The Hall–Kier alpha value is -1.88. The van der Waals surface area contributed by atoms with E-state index in [0.29, 0.717) is 12.5 Å². The number of hydrogen-bond donors (Lipinski definition) is 1. The van der Waals surface area contributed by atoms with Gasteiger partial charge in [0.05, 0.1) is 6.61 Å². The molecule has 1 aromatic carbocycles. The predicted molar refractivity (Wildman–Crippen MR) is 76.8 cm³/mol. The van der Waals surface area contributed by atoms with Crippen LogP contribution in [0.15, 0.2) is 28.8 Å². The van der Waals surface area contributed by atoms with Crippen LogP contribution < -0.4 is 10.1 Å². The van der Waals surface area contributed by atoms with Crippen molar-refractivity contribution < 1.29 is 9.26 Å². The number of para-hydroxylation sites is 1. The number of benzene rings is 1. The predicted octanol–water partition coefficient (Wildman–Crippen LogP) is 2.67. The number of nitrogens with one attached hydrogen (secondary N) is 1. The molecule has 0 aliphatic heterocycles. The van der Waals surface area contributed by atoms with Crippen LogP contribution in [0.5, 0.6) is 5.75 Å². The Balaban J connectivity index is 1.89. The van der Waals surface area contributed by atoms with E-state index in [4.69, 9.17) is 9.26 Å². The summed E-state index contributed by atoms with van der Waals surface area (Å²) in [6.45, 7) is 7.38. The maximum atomic E-state index is 5.65. The van der Waals surface area contributed by atoms with E-state index in [-0.39, 0.29) is 6.04 Å². The third kappa shape index (κ3) is 3.81. The molecule has 20 heavy (non-hydrogen) atoms. The van der Waals surface area contributed by atoms with E-state index in [2.05, 4.69) is 28.4 Å². The molecule has 1 heterocycles. The molecule has 1 atom stereocenters. The van der Waals surface area contributed by atoms with Crippen LogP contribution in [0.2, 0.25) is 0 Å². The molecule has 0 radical (unpaired) electrons. The minimum atomic E-state index is 0.214. The van der Waals surface area contributed by atoms with Gasteiger partial charge < -0.3 is 14.6 Å². The number of rotatable bonds is 7. The first-order valence-corrected chi connectivity index (χ1v) is 6.95. The summed E-state index contributed by atoms with van der Waals surface area (Å²) in [5.41, 5.74) is 1.17. The van der Waals surface area contributed by atoms with Gasteiger partial charge in [0.25, 0.3) is 0 Å². The first kappa shape index (κ1) is 14.5. The Morgan fingerprint density at radius 2 is 2.15 bits per heavy atom. The number of aryl methyl sites for hydroxylation is 1. The third-order valence-electron chi connectivity index (χ3n) is 3.05. The van der Waals surface area contributed by atoms with Gasteiger partial charge in [0.15, 0.2) is 5.82 Å². The summed E-state index contributed by atoms with van der Waals surface area (Å²) in [6.07, 6.45) is 0.748. The van der Waals surface area contributed by atoms with Crippen molar-refractivity contribution in [2.45, 2.75) is 33.2 Å². The molecule has 108 valence electrons. The highest BCUT2D eigenvalue weighted by Gasteiger charge is 2.11. The van der Waals surface area contributed by atoms with Crippen molar-refractivity contribution in [2.24, 2.45) is 0 Å². The van der Waals surface area contributed by atoms with Gasteiger partial charge >= 0.3 is 0 Å². The summed E-state index contributed by atoms with van der Waals surface area (Å²) in [6, 6.07) is 8.31. The zero-order chi connectivity index (χ0) is 14.4. The van der Waals surface area contributed by atoms with Crippen LogP contribution in [0.3, 0.4) is 0 Å². The van der Waals surface area contributed by atoms with E-state index in [9.17, 15) is 0 Å². The van der Waals surface area contributed by atoms with Crippen molar-refractivity contribution in [2.75, 3.05) is 13.2 Å². The van der Waals surface area contributed by atoms with Gasteiger partial charge in [0.1, 0.15) is 5.75 Å². The Morgan fingerprint density at radius 3 is 2.85 bits per heavy atom. The first-order valence-electron chi connectivity index (χ1n) is 6.95. The minimum Gasteiger partial charge on any atom is -0.494 e. The fourth-order valence-electron chi connectivity index (χ4n) is 2.08. The van der Waals surface area contributed by atoms with E-state index >= 15 is 0 Å². The quantitative estimate of drug-likeness (QED) is 0.841. The molecule has 0 fully saturated rings. The van der Waals surface area contributed by atoms with Crippen LogP contribution in [0.4, 0.5) is 0 Å². The van der Waals surface area contributed by atoms with E-state index < -0.39 is 0 Å². The van der Waals surface area contributed by atoms with Gasteiger partial charge in [-0.05, 0) is 19.9 Å². The monoisotopic (exact) mass is 275 g/mol. The molecule has 2 rings (SSSR count). The zero-order valence-electron chi connectivity index (χ0n) is 12.2. The SMILES string of the molecule is CCOc1ccccc1C(C)NCCc1noc(C)n1. The zero-order valence-corrected chi connectivity index (χ0v) is 12.2. The van der Waals surface area contributed by atoms with Gasteiger partial charge in [-0.1, -0.05) is 23.4 Å². The summed E-state index contributed by atoms with van der Waals surface area (Å²) in [7, 11) is 0. The molecule has 0 spiro atoms. The van der Waals surface area contributed by atoms with Crippen LogP contribution in [-0.2, 0) is 6.42 Å². The lowest BCUT2D eigenvalue weighted by atomic mass is 10.1. The summed E-state index contributed by atoms with van der Waals surface area (Å²) in [5, 5.41) is 7.34. The summed E-state index contributed by atoms with van der Waals surface area (Å²) >= 11 is 0. The summed E-state index contributed by atoms with van der Waals surface area (Å²) in [5.74, 6) is 2.28. The third-order valence-corrected chi connectivity index (χ3v) is 3.05. The minimum absolute atomic E-state index is 0.214. The molecule has 0 amide bonds. The molecule has 0 saturated carbocycles. The van der Waals surface area contributed by atoms with Crippen molar-refractivity contribution in [3.63, 3.8) is 0 Å². The van der Waals surface area contributed by atoms with Gasteiger partial charge in [0.2, 0.25) is 5.89 Å². The van der Waals surface area contributed by atoms with Crippen molar-refractivity contribution in [1.29, 1.82) is 0 Å². The Labute approximate surface area is 119 Å². The Morgan fingerprint density at radius 1 is 1.35 bits per heavy atom. The van der Waals surface area contributed by atoms with Crippen LogP contribution in [0.25, 0.3) is 0 Å². The molecule has 5 heteroatoms. The maximum Gasteiger partial charge on any atom is 0.223 e. The highest BCUT2D eigenvalue weighted by molar-refractivity contribution is 5.35. The molecule has 2 aromatic rings. The van der Waals surface area contributed by atoms with E-state index in [1.807, 2.05) is 25.1 Å². The smallest absolute Gasteiger partial charge is 0.223 e. The average Bonchev–Trinajstić information content (AvgIpc) is 2.85. The number of aromatic nitrogens is 2. The van der Waals surface area contributed by atoms with Crippen LogP contribution in [0, 0.1) is 6.92 Å². The van der Waals surface area contributed by atoms with E-state index in [1.54, 1.807) is 6.92 Å². The molecule has 0 bridgehead atoms. The maximum absolute atomic E-state index is 5.65. The molecule has 0 saturated heterocycles. The van der Waals surface area contributed by atoms with Crippen molar-refractivity contribution in [3.8, 4) is 5.75 Å². The summed E-state index contributed by atoms with van der Waals surface area (Å²) in [4.78, 5) is 4.18. The van der Waals surface area contributed by atoms with Crippen LogP contribution >= 0.6 is 0 Å². The number of nitrogens with zero attached hydrogens (tertiary/aromatic N) is 2. The molecular weight excluding hydrogens is 254 g/mol. The fraction of sp³-hybridized carbons (Fsp3) is 0.467. The molecule has 1 N–H and O–H groups in total. The molecule has 5 nitrogen and oxygen atoms in total. The second kappa shape index (κ2) is 7.05. The highest BCUT2D eigenvalue weighted by Crippen LogP contribution is 2.24. The van der Waals surface area contributed by atoms with Gasteiger partial charge in [-0.2, -0.15) is 4.98 Å². The molecule has 1 unspecified atom stereocenters. The number of hydrogen-bond acceptors (Lipinski definition) is 5. The van der Waals surface area contributed by atoms with Gasteiger partial charge in [-0.25, -0.2) is 0 Å². The van der Waals surface area contributed by atoms with E-state index in [0.717, 1.165) is 24.5 Å². The fourth-order valence-corrected chi connectivity index (χ4v) is 2.08. The van der Waals surface area contributed by atoms with Gasteiger partial charge in [-0.15, -0.1) is 0 Å². The topological polar surface area (TPSA) is 60.2 Å². The largest absolute Gasteiger partial charge is 0.494 e. The number of ether oxygens (including phenoxy) is 1. The lowest BCUT2D eigenvalue weighted by molar-refractivity contribution is 0.332. The van der Waals surface area contributed by atoms with Gasteiger partial charge in [-0.3, -0.25) is 0 Å². The first-order chi connectivity index (χ1) is 9.70. The second-order valence-electron chi connectivity index (χ2n) is 4.63. The van der Waals surface area contributed by atoms with E-state index in [1.165, 1.54) is 5.56 Å².